The van der Waals surface area contributed by atoms with Gasteiger partial charge in [0.1, 0.15) is 11.5 Å². The number of alkyl halides is 3. The average Bonchev–Trinajstić information content (AvgIpc) is 3.64. The molecule has 1 unspecified atom stereocenters. The van der Waals surface area contributed by atoms with E-state index in [1.807, 2.05) is 12.1 Å². The second-order valence-electron chi connectivity index (χ2n) is 10.4. The Hall–Kier alpha value is -3.44. The van der Waals surface area contributed by atoms with E-state index in [4.69, 9.17) is 19.0 Å². The first-order valence-electron chi connectivity index (χ1n) is 13.9. The summed E-state index contributed by atoms with van der Waals surface area (Å²) in [4.78, 5) is 19.1. The van der Waals surface area contributed by atoms with Crippen molar-refractivity contribution in [2.24, 2.45) is 0 Å². The summed E-state index contributed by atoms with van der Waals surface area (Å²) >= 11 is 1.54. The molecule has 2 aromatic heterocycles. The number of nitrogens with zero attached hydrogens (tertiary/aromatic N) is 3. The number of carbonyl (C=O) groups excluding carboxylic acids is 1. The van der Waals surface area contributed by atoms with Crippen molar-refractivity contribution in [1.29, 1.82) is 0 Å². The zero-order valence-electron chi connectivity index (χ0n) is 22.6. The molecule has 0 N–H and O–H groups in total. The maximum atomic E-state index is 13.8. The molecule has 2 fully saturated rings. The van der Waals surface area contributed by atoms with Crippen LogP contribution in [0.2, 0.25) is 0 Å². The molecule has 0 radical (unpaired) electrons. The summed E-state index contributed by atoms with van der Waals surface area (Å²) in [6, 6.07) is 10.9. The monoisotopic (exact) mass is 585 g/mol. The largest absolute Gasteiger partial charge is 0.462 e. The lowest BCUT2D eigenvalue weighted by atomic mass is 9.99. The zero-order chi connectivity index (χ0) is 28.6. The van der Waals surface area contributed by atoms with Gasteiger partial charge in [-0.3, -0.25) is 0 Å². The van der Waals surface area contributed by atoms with Crippen LogP contribution in [0, 0.1) is 0 Å². The molecule has 1 saturated carbocycles. The van der Waals surface area contributed by atoms with Crippen LogP contribution in [-0.4, -0.2) is 41.9 Å². The van der Waals surface area contributed by atoms with Crippen LogP contribution >= 0.6 is 11.3 Å². The fourth-order valence-corrected chi connectivity index (χ4v) is 6.35. The molecule has 0 spiro atoms. The van der Waals surface area contributed by atoms with Gasteiger partial charge in [-0.05, 0) is 63.3 Å². The van der Waals surface area contributed by atoms with E-state index >= 15 is 0 Å². The van der Waals surface area contributed by atoms with Crippen molar-refractivity contribution in [3.05, 3.63) is 64.9 Å². The second kappa shape index (κ2) is 11.4. The first kappa shape index (κ1) is 27.7. The third-order valence-electron chi connectivity index (χ3n) is 7.55. The molecule has 1 aliphatic heterocycles. The van der Waals surface area contributed by atoms with E-state index < -0.39 is 11.7 Å². The molecule has 0 amide bonds. The molecule has 1 atom stereocenters. The predicted octanol–water partition coefficient (Wildman–Crippen LogP) is 7.60. The topological polar surface area (TPSA) is 77.7 Å². The number of fused-ring (bicyclic) bond motifs is 1. The summed E-state index contributed by atoms with van der Waals surface area (Å²) in [7, 11) is 0. The Balaban J connectivity index is 1.15. The van der Waals surface area contributed by atoms with E-state index in [0.29, 0.717) is 23.5 Å². The lowest BCUT2D eigenvalue weighted by molar-refractivity contribution is -0.137. The first-order chi connectivity index (χ1) is 19.8. The summed E-state index contributed by atoms with van der Waals surface area (Å²) in [6.45, 7) is 3.80. The van der Waals surface area contributed by atoms with Crippen molar-refractivity contribution in [3.63, 3.8) is 0 Å². The van der Waals surface area contributed by atoms with Gasteiger partial charge in [0.05, 0.1) is 40.7 Å². The van der Waals surface area contributed by atoms with Crippen LogP contribution in [0.1, 0.15) is 72.2 Å². The summed E-state index contributed by atoms with van der Waals surface area (Å²) < 4.78 is 59.3. The molecule has 0 bridgehead atoms. The van der Waals surface area contributed by atoms with Gasteiger partial charge in [0.2, 0.25) is 0 Å². The van der Waals surface area contributed by atoms with Crippen LogP contribution in [0.3, 0.4) is 0 Å². The van der Waals surface area contributed by atoms with Crippen LogP contribution in [-0.2, 0) is 22.3 Å². The number of carbonyl (C=O) groups is 1. The van der Waals surface area contributed by atoms with Crippen LogP contribution in [0.4, 0.5) is 18.3 Å². The fraction of sp³-hybridized carbons (Fsp3) is 0.433. The number of benzene rings is 2. The predicted molar refractivity (Wildman–Crippen MR) is 149 cm³/mol. The van der Waals surface area contributed by atoms with Crippen molar-refractivity contribution in [1.82, 2.24) is 10.1 Å². The van der Waals surface area contributed by atoms with Gasteiger partial charge in [-0.2, -0.15) is 13.2 Å². The van der Waals surface area contributed by atoms with Gasteiger partial charge in [-0.1, -0.05) is 34.7 Å². The normalized spacial score (nSPS) is 18.0. The molecule has 3 heterocycles. The van der Waals surface area contributed by atoms with E-state index in [0.717, 1.165) is 66.6 Å². The van der Waals surface area contributed by atoms with Crippen molar-refractivity contribution in [2.45, 2.75) is 63.8 Å². The van der Waals surface area contributed by atoms with Gasteiger partial charge in [-0.15, -0.1) is 0 Å². The van der Waals surface area contributed by atoms with Crippen LogP contribution in [0.5, 0.6) is 0 Å². The third-order valence-corrected chi connectivity index (χ3v) is 8.63. The zero-order valence-corrected chi connectivity index (χ0v) is 23.4. The quantitative estimate of drug-likeness (QED) is 0.197. The number of anilines is 1. The Morgan fingerprint density at radius 2 is 1.95 bits per heavy atom. The Morgan fingerprint density at radius 3 is 2.73 bits per heavy atom. The molecular weight excluding hydrogens is 555 g/mol. The lowest BCUT2D eigenvalue weighted by Gasteiger charge is -2.19. The average molecular weight is 586 g/mol. The van der Waals surface area contributed by atoms with E-state index in [2.05, 4.69) is 10.1 Å². The minimum Gasteiger partial charge on any atom is -0.462 e. The Labute approximate surface area is 239 Å². The highest BCUT2D eigenvalue weighted by atomic mass is 32.1. The highest BCUT2D eigenvalue weighted by Gasteiger charge is 2.37. The summed E-state index contributed by atoms with van der Waals surface area (Å²) in [5, 5.41) is 5.00. The van der Waals surface area contributed by atoms with Crippen LogP contribution in [0.25, 0.3) is 21.5 Å². The maximum Gasteiger partial charge on any atom is 0.417 e. The van der Waals surface area contributed by atoms with Crippen LogP contribution in [0.15, 0.2) is 47.0 Å². The van der Waals surface area contributed by atoms with Crippen molar-refractivity contribution >= 4 is 32.7 Å². The van der Waals surface area contributed by atoms with E-state index in [-0.39, 0.29) is 35.9 Å². The number of esters is 1. The fourth-order valence-electron chi connectivity index (χ4n) is 5.29. The van der Waals surface area contributed by atoms with Crippen LogP contribution < -0.4 is 4.90 Å². The standard InChI is InChI=1S/C30H30F3N3O4S/c1-2-38-28(37)19-11-12-24-25(16-19)41-29(34-24)36-14-5-6-20(13-15-36)39-17-22-26(35-40-27(22)18-9-10-18)21-7-3-4-8-23(21)30(31,32)33/h3-4,7-8,11-12,16,18,20H,2,5-6,9-10,13-15,17H2,1H3. The number of thiazole rings is 1. The number of rotatable bonds is 8. The summed E-state index contributed by atoms with van der Waals surface area (Å²) in [5.74, 6) is 0.478. The van der Waals surface area contributed by atoms with Gasteiger partial charge >= 0.3 is 12.1 Å². The molecule has 7 nitrogen and oxygen atoms in total. The number of ether oxygens (including phenoxy) is 2. The van der Waals surface area contributed by atoms with E-state index in [9.17, 15) is 18.0 Å². The molecule has 2 aromatic carbocycles. The highest BCUT2D eigenvalue weighted by Crippen LogP contribution is 2.46. The number of hydrogen-bond donors (Lipinski definition) is 0. The SMILES string of the molecule is CCOC(=O)c1ccc2nc(N3CCCC(OCc4c(-c5ccccc5C(F)(F)F)noc4C4CC4)CC3)sc2c1. The summed E-state index contributed by atoms with van der Waals surface area (Å²) in [6.07, 6.45) is -0.224. The molecule has 11 heteroatoms. The van der Waals surface area contributed by atoms with E-state index in [1.54, 1.807) is 30.4 Å². The Bertz CT molecular complexity index is 1550. The van der Waals surface area contributed by atoms with Gasteiger partial charge in [0.15, 0.2) is 5.13 Å². The lowest BCUT2D eigenvalue weighted by Crippen LogP contribution is -2.24. The summed E-state index contributed by atoms with van der Waals surface area (Å²) in [5.41, 5.74) is 1.47. The molecular formula is C30H30F3N3O4S. The molecule has 41 heavy (non-hydrogen) atoms. The van der Waals surface area contributed by atoms with Crippen molar-refractivity contribution in [2.75, 3.05) is 24.6 Å². The maximum absolute atomic E-state index is 13.8. The van der Waals surface area contributed by atoms with Gasteiger partial charge in [-0.25, -0.2) is 9.78 Å². The van der Waals surface area contributed by atoms with Gasteiger partial charge in [0, 0.05) is 30.1 Å². The Kier molecular flexibility index (Phi) is 7.74. The Morgan fingerprint density at radius 1 is 1.12 bits per heavy atom. The number of aromatic nitrogens is 2. The molecule has 216 valence electrons. The van der Waals surface area contributed by atoms with Crippen molar-refractivity contribution in [3.8, 4) is 11.3 Å². The minimum absolute atomic E-state index is 0.0169. The number of halogens is 3. The van der Waals surface area contributed by atoms with Gasteiger partial charge < -0.3 is 18.9 Å². The molecule has 1 aliphatic carbocycles. The molecule has 1 saturated heterocycles. The number of hydrogen-bond acceptors (Lipinski definition) is 8. The molecule has 4 aromatic rings. The third kappa shape index (κ3) is 5.97. The second-order valence-corrected chi connectivity index (χ2v) is 11.5. The van der Waals surface area contributed by atoms with Gasteiger partial charge in [0.25, 0.3) is 0 Å². The molecule has 2 aliphatic rings. The van der Waals surface area contributed by atoms with E-state index in [1.165, 1.54) is 12.1 Å². The van der Waals surface area contributed by atoms with Crippen molar-refractivity contribution < 1.29 is 32.0 Å². The first-order valence-corrected chi connectivity index (χ1v) is 14.7. The minimum atomic E-state index is -4.50. The molecule has 6 rings (SSSR count). The smallest absolute Gasteiger partial charge is 0.417 e. The highest BCUT2D eigenvalue weighted by molar-refractivity contribution is 7.22.